The van der Waals surface area contributed by atoms with Gasteiger partial charge in [-0.3, -0.25) is 9.69 Å². The van der Waals surface area contributed by atoms with E-state index in [9.17, 15) is 4.79 Å². The van der Waals surface area contributed by atoms with Crippen LogP contribution in [0, 0.1) is 17.8 Å². The normalized spacial score (nSPS) is 35.3. The molecule has 1 aromatic heterocycles. The van der Waals surface area contributed by atoms with E-state index in [0.29, 0.717) is 11.8 Å². The van der Waals surface area contributed by atoms with Crippen LogP contribution in [0.2, 0.25) is 0 Å². The molecule has 5 heteroatoms. The molecule has 4 rings (SSSR count). The number of pyridine rings is 1. The van der Waals surface area contributed by atoms with E-state index in [1.54, 1.807) is 0 Å². The molecule has 0 saturated carbocycles. The number of carbonyl (C=O) groups is 1. The van der Waals surface area contributed by atoms with E-state index >= 15 is 0 Å². The van der Waals surface area contributed by atoms with Gasteiger partial charge >= 0.3 is 0 Å². The number of fused-ring (bicyclic) bond motifs is 2. The van der Waals surface area contributed by atoms with Gasteiger partial charge in [0.1, 0.15) is 5.82 Å². The van der Waals surface area contributed by atoms with Crippen molar-refractivity contribution < 1.29 is 9.53 Å². The van der Waals surface area contributed by atoms with Crippen LogP contribution in [0.1, 0.15) is 19.4 Å². The Labute approximate surface area is 137 Å². The molecule has 124 valence electrons. The quantitative estimate of drug-likeness (QED) is 0.828. The first-order chi connectivity index (χ1) is 10.9. The number of ketones is 1. The molecule has 3 aliphatic heterocycles. The molecule has 0 N–H and O–H groups in total. The molecule has 2 atom stereocenters. The van der Waals surface area contributed by atoms with E-state index in [1.165, 1.54) is 0 Å². The summed E-state index contributed by atoms with van der Waals surface area (Å²) in [7, 11) is 0. The third-order valence-electron chi connectivity index (χ3n) is 5.64. The molecule has 0 aromatic carbocycles. The highest BCUT2D eigenvalue weighted by Crippen LogP contribution is 2.44. The van der Waals surface area contributed by atoms with Crippen molar-refractivity contribution in [2.24, 2.45) is 10.8 Å². The van der Waals surface area contributed by atoms with E-state index in [0.717, 1.165) is 50.8 Å². The van der Waals surface area contributed by atoms with Gasteiger partial charge in [0.05, 0.1) is 30.1 Å². The summed E-state index contributed by atoms with van der Waals surface area (Å²) in [4.78, 5) is 22.4. The van der Waals surface area contributed by atoms with Crippen LogP contribution in [0.15, 0.2) is 18.3 Å². The number of rotatable bonds is 2. The van der Waals surface area contributed by atoms with Crippen LogP contribution in [0.3, 0.4) is 0 Å². The third kappa shape index (κ3) is 2.37. The Bertz CT molecular complexity index is 604. The van der Waals surface area contributed by atoms with Gasteiger partial charge in [-0.05, 0) is 32.4 Å². The molecule has 3 aliphatic rings. The predicted octanol–water partition coefficient (Wildman–Crippen LogP) is 1.51. The summed E-state index contributed by atoms with van der Waals surface area (Å²) in [6.07, 6.45) is 1.91. The van der Waals surface area contributed by atoms with Crippen LogP contribution in [-0.4, -0.2) is 61.1 Å². The van der Waals surface area contributed by atoms with Crippen molar-refractivity contribution >= 4 is 11.6 Å². The molecule has 2 bridgehead atoms. The number of hydrogen-bond acceptors (Lipinski definition) is 5. The summed E-state index contributed by atoms with van der Waals surface area (Å²) in [6, 6.07) is 4.66. The molecule has 3 fully saturated rings. The number of carbonyl (C=O) groups excluding carboxylic acids is 1. The molecule has 0 radical (unpaired) electrons. The zero-order chi connectivity index (χ0) is 16.2. The number of aromatic nitrogens is 1. The summed E-state index contributed by atoms with van der Waals surface area (Å²) in [5, 5.41) is 0. The lowest BCUT2D eigenvalue weighted by molar-refractivity contribution is -0.158. The van der Waals surface area contributed by atoms with Crippen LogP contribution in [-0.2, 0) is 9.53 Å². The SMILES string of the molecule is Cc1ccc(N2CC3(C)CN(C4COC4)CC(C)(C2)C3=O)nc1. The number of ether oxygens (including phenoxy) is 1. The van der Waals surface area contributed by atoms with Crippen molar-refractivity contribution in [2.75, 3.05) is 44.3 Å². The highest BCUT2D eigenvalue weighted by atomic mass is 16.5. The monoisotopic (exact) mass is 315 g/mol. The minimum atomic E-state index is -0.326. The first-order valence-corrected chi connectivity index (χ1v) is 8.44. The average molecular weight is 315 g/mol. The van der Waals surface area contributed by atoms with Crippen LogP contribution >= 0.6 is 0 Å². The topological polar surface area (TPSA) is 45.7 Å². The Morgan fingerprint density at radius 2 is 1.78 bits per heavy atom. The molecule has 2 unspecified atom stereocenters. The first kappa shape index (κ1) is 15.1. The Morgan fingerprint density at radius 1 is 1.13 bits per heavy atom. The number of piperidine rings is 2. The van der Waals surface area contributed by atoms with Gasteiger partial charge in [-0.15, -0.1) is 0 Å². The molecule has 1 aromatic rings. The zero-order valence-corrected chi connectivity index (χ0v) is 14.2. The smallest absolute Gasteiger partial charge is 0.150 e. The molecular weight excluding hydrogens is 290 g/mol. The predicted molar refractivity (Wildman–Crippen MR) is 88.6 cm³/mol. The van der Waals surface area contributed by atoms with Crippen LogP contribution in [0.25, 0.3) is 0 Å². The molecule has 0 amide bonds. The Morgan fingerprint density at radius 3 is 2.26 bits per heavy atom. The first-order valence-electron chi connectivity index (χ1n) is 8.44. The second kappa shape index (κ2) is 5.02. The van der Waals surface area contributed by atoms with Crippen LogP contribution in [0.5, 0.6) is 0 Å². The molecule has 0 spiro atoms. The lowest BCUT2D eigenvalue weighted by Gasteiger charge is -2.57. The maximum atomic E-state index is 13.1. The van der Waals surface area contributed by atoms with Crippen molar-refractivity contribution in [3.63, 3.8) is 0 Å². The molecule has 23 heavy (non-hydrogen) atoms. The maximum absolute atomic E-state index is 13.1. The van der Waals surface area contributed by atoms with Gasteiger partial charge in [-0.25, -0.2) is 4.98 Å². The molecule has 3 saturated heterocycles. The number of Topliss-reactive ketones (excluding diaryl/α,β-unsaturated/α-hetero) is 1. The largest absolute Gasteiger partial charge is 0.378 e. The van der Waals surface area contributed by atoms with Gasteiger partial charge in [0.2, 0.25) is 0 Å². The van der Waals surface area contributed by atoms with Gasteiger partial charge < -0.3 is 9.64 Å². The fourth-order valence-corrected chi connectivity index (χ4v) is 4.47. The van der Waals surface area contributed by atoms with E-state index in [2.05, 4.69) is 40.8 Å². The lowest BCUT2D eigenvalue weighted by Crippen LogP contribution is -2.71. The second-order valence-electron chi connectivity index (χ2n) is 8.10. The lowest BCUT2D eigenvalue weighted by atomic mass is 9.64. The molecular formula is C18H25N3O2. The van der Waals surface area contributed by atoms with Gasteiger partial charge in [0.15, 0.2) is 5.78 Å². The van der Waals surface area contributed by atoms with Gasteiger partial charge in [-0.2, -0.15) is 0 Å². The average Bonchev–Trinajstić information content (AvgIpc) is 2.41. The molecule has 5 nitrogen and oxygen atoms in total. The molecule has 4 heterocycles. The third-order valence-corrected chi connectivity index (χ3v) is 5.64. The number of nitrogens with zero attached hydrogens (tertiary/aromatic N) is 3. The van der Waals surface area contributed by atoms with E-state index in [-0.39, 0.29) is 10.8 Å². The Hall–Kier alpha value is -1.46. The number of hydrogen-bond donors (Lipinski definition) is 0. The van der Waals surface area contributed by atoms with Crippen molar-refractivity contribution in [1.29, 1.82) is 0 Å². The van der Waals surface area contributed by atoms with Crippen molar-refractivity contribution in [2.45, 2.75) is 26.8 Å². The summed E-state index contributed by atoms with van der Waals surface area (Å²) >= 11 is 0. The fraction of sp³-hybridized carbons (Fsp3) is 0.667. The highest BCUT2D eigenvalue weighted by molar-refractivity contribution is 5.93. The summed E-state index contributed by atoms with van der Waals surface area (Å²) in [6.45, 7) is 11.1. The molecule has 0 aliphatic carbocycles. The second-order valence-corrected chi connectivity index (χ2v) is 8.10. The fourth-order valence-electron chi connectivity index (χ4n) is 4.47. The van der Waals surface area contributed by atoms with Crippen molar-refractivity contribution in [1.82, 2.24) is 9.88 Å². The van der Waals surface area contributed by atoms with Crippen LogP contribution < -0.4 is 4.90 Å². The summed E-state index contributed by atoms with van der Waals surface area (Å²) in [5.74, 6) is 1.41. The summed E-state index contributed by atoms with van der Waals surface area (Å²) in [5.41, 5.74) is 0.511. The highest BCUT2D eigenvalue weighted by Gasteiger charge is 2.57. The van der Waals surface area contributed by atoms with Crippen molar-refractivity contribution in [3.8, 4) is 0 Å². The van der Waals surface area contributed by atoms with Crippen molar-refractivity contribution in [3.05, 3.63) is 23.9 Å². The number of likely N-dealkylation sites (tertiary alicyclic amines) is 1. The van der Waals surface area contributed by atoms with Gasteiger partial charge in [0.25, 0.3) is 0 Å². The minimum absolute atomic E-state index is 0.326. The van der Waals surface area contributed by atoms with Crippen LogP contribution in [0.4, 0.5) is 5.82 Å². The maximum Gasteiger partial charge on any atom is 0.150 e. The minimum Gasteiger partial charge on any atom is -0.378 e. The zero-order valence-electron chi connectivity index (χ0n) is 14.2. The van der Waals surface area contributed by atoms with E-state index in [4.69, 9.17) is 4.74 Å². The standard InChI is InChI=1S/C18H25N3O2/c1-13-4-5-15(19-6-13)21-11-17(2)9-20(14-7-23-8-14)10-18(3,12-21)16(17)22/h4-6,14H,7-12H2,1-3H3. The van der Waals surface area contributed by atoms with Gasteiger partial charge in [-0.1, -0.05) is 6.07 Å². The Kier molecular flexibility index (Phi) is 3.29. The van der Waals surface area contributed by atoms with Gasteiger partial charge in [0, 0.05) is 32.4 Å². The number of aryl methyl sites for hydroxylation is 1. The van der Waals surface area contributed by atoms with E-state index in [1.807, 2.05) is 13.1 Å². The van der Waals surface area contributed by atoms with E-state index < -0.39 is 0 Å². The number of anilines is 1. The Balaban J connectivity index is 1.63. The summed E-state index contributed by atoms with van der Waals surface area (Å²) < 4.78 is 5.36.